The van der Waals surface area contributed by atoms with Crippen molar-refractivity contribution in [2.24, 2.45) is 0 Å². The van der Waals surface area contributed by atoms with E-state index in [1.54, 1.807) is 6.07 Å². The van der Waals surface area contributed by atoms with Gasteiger partial charge in [-0.3, -0.25) is 0 Å². The van der Waals surface area contributed by atoms with E-state index in [-0.39, 0.29) is 5.03 Å². The van der Waals surface area contributed by atoms with E-state index in [0.717, 1.165) is 11.8 Å². The van der Waals surface area contributed by atoms with Crippen LogP contribution >= 0.6 is 22.6 Å². The van der Waals surface area contributed by atoms with Crippen molar-refractivity contribution >= 4 is 32.4 Å². The summed E-state index contributed by atoms with van der Waals surface area (Å²) < 4.78 is 23.0. The smallest absolute Gasteiger partial charge is 0.193 e. The van der Waals surface area contributed by atoms with Crippen LogP contribution in [0, 0.1) is 10.5 Å². The Hall–Kier alpha value is -0.170. The van der Waals surface area contributed by atoms with Gasteiger partial charge in [-0.1, -0.05) is 0 Å². The molecule has 0 aliphatic carbocycles. The second-order valence-electron chi connectivity index (χ2n) is 2.52. The zero-order valence-electron chi connectivity index (χ0n) is 6.70. The molecule has 1 aromatic rings. The van der Waals surface area contributed by atoms with Crippen LogP contribution < -0.4 is 0 Å². The molecular weight excluding hydrogens is 289 g/mol. The topological polar surface area (TPSA) is 47.0 Å². The van der Waals surface area contributed by atoms with Gasteiger partial charge in [0, 0.05) is 12.5 Å². The molecule has 0 aliphatic heterocycles. The van der Waals surface area contributed by atoms with Gasteiger partial charge in [0.2, 0.25) is 0 Å². The van der Waals surface area contributed by atoms with Gasteiger partial charge >= 0.3 is 0 Å². The van der Waals surface area contributed by atoms with Gasteiger partial charge < -0.3 is 0 Å². The standard InChI is InChI=1S/C7H8INO2S/c1-5-3-4-9-7(6(5)8)12(2,10)11/h3-4H,1-2H3. The first-order chi connectivity index (χ1) is 5.43. The van der Waals surface area contributed by atoms with Crippen LogP contribution in [-0.4, -0.2) is 19.7 Å². The van der Waals surface area contributed by atoms with E-state index in [0.29, 0.717) is 3.57 Å². The third-order valence-corrected chi connectivity index (χ3v) is 4.14. The van der Waals surface area contributed by atoms with Crippen LogP contribution in [0.5, 0.6) is 0 Å². The first-order valence-corrected chi connectivity index (χ1v) is 6.21. The highest BCUT2D eigenvalue weighted by molar-refractivity contribution is 14.1. The molecule has 0 saturated carbocycles. The minimum absolute atomic E-state index is 0.170. The average Bonchev–Trinajstić information content (AvgIpc) is 1.92. The number of rotatable bonds is 1. The van der Waals surface area contributed by atoms with Crippen LogP contribution in [-0.2, 0) is 9.84 Å². The highest BCUT2D eigenvalue weighted by atomic mass is 127. The van der Waals surface area contributed by atoms with E-state index in [1.165, 1.54) is 6.20 Å². The molecular formula is C7H8INO2S. The molecule has 1 rings (SSSR count). The third-order valence-electron chi connectivity index (χ3n) is 1.40. The van der Waals surface area contributed by atoms with Crippen molar-refractivity contribution in [1.82, 2.24) is 4.98 Å². The van der Waals surface area contributed by atoms with Crippen LogP contribution in [0.15, 0.2) is 17.3 Å². The second-order valence-corrected chi connectivity index (χ2v) is 5.53. The minimum atomic E-state index is -3.17. The average molecular weight is 297 g/mol. The Bertz CT molecular complexity index is 400. The molecule has 66 valence electrons. The molecule has 0 radical (unpaired) electrons. The Morgan fingerprint density at radius 2 is 2.08 bits per heavy atom. The number of pyridine rings is 1. The molecule has 0 amide bonds. The maximum atomic E-state index is 11.1. The fraction of sp³-hybridized carbons (Fsp3) is 0.286. The maximum Gasteiger partial charge on any atom is 0.193 e. The zero-order valence-corrected chi connectivity index (χ0v) is 9.68. The molecule has 0 atom stereocenters. The first kappa shape index (κ1) is 9.91. The van der Waals surface area contributed by atoms with Gasteiger partial charge in [-0.15, -0.1) is 0 Å². The van der Waals surface area contributed by atoms with E-state index in [9.17, 15) is 8.42 Å². The zero-order chi connectivity index (χ0) is 9.35. The molecule has 1 heterocycles. The predicted octanol–water partition coefficient (Wildman–Crippen LogP) is 1.40. The predicted molar refractivity (Wildman–Crippen MR) is 54.8 cm³/mol. The molecule has 0 unspecified atom stereocenters. The number of hydrogen-bond donors (Lipinski definition) is 0. The van der Waals surface area contributed by atoms with Gasteiger partial charge in [0.1, 0.15) is 0 Å². The lowest BCUT2D eigenvalue weighted by Gasteiger charge is -2.02. The van der Waals surface area contributed by atoms with Gasteiger partial charge in [0.25, 0.3) is 0 Å². The molecule has 0 N–H and O–H groups in total. The van der Waals surface area contributed by atoms with Gasteiger partial charge in [-0.2, -0.15) is 0 Å². The normalized spacial score (nSPS) is 11.6. The van der Waals surface area contributed by atoms with Crippen molar-refractivity contribution in [2.45, 2.75) is 11.9 Å². The monoisotopic (exact) mass is 297 g/mol. The maximum absolute atomic E-state index is 11.1. The molecule has 1 aromatic heterocycles. The molecule has 0 bridgehead atoms. The van der Waals surface area contributed by atoms with Crippen molar-refractivity contribution in [1.29, 1.82) is 0 Å². The number of sulfone groups is 1. The van der Waals surface area contributed by atoms with E-state index in [4.69, 9.17) is 0 Å². The van der Waals surface area contributed by atoms with Gasteiger partial charge in [-0.05, 0) is 41.1 Å². The van der Waals surface area contributed by atoms with E-state index in [2.05, 4.69) is 4.98 Å². The van der Waals surface area contributed by atoms with Gasteiger partial charge in [0.15, 0.2) is 14.9 Å². The lowest BCUT2D eigenvalue weighted by molar-refractivity contribution is 0.597. The molecule has 0 spiro atoms. The number of aryl methyl sites for hydroxylation is 1. The molecule has 0 aromatic carbocycles. The largest absolute Gasteiger partial charge is 0.244 e. The molecule has 0 saturated heterocycles. The SMILES string of the molecule is Cc1ccnc(S(C)(=O)=O)c1I. The lowest BCUT2D eigenvalue weighted by Crippen LogP contribution is -2.04. The fourth-order valence-electron chi connectivity index (χ4n) is 0.774. The van der Waals surface area contributed by atoms with Crippen molar-refractivity contribution in [3.8, 4) is 0 Å². The molecule has 3 nitrogen and oxygen atoms in total. The molecule has 5 heteroatoms. The van der Waals surface area contributed by atoms with E-state index < -0.39 is 9.84 Å². The van der Waals surface area contributed by atoms with Gasteiger partial charge in [-0.25, -0.2) is 13.4 Å². The van der Waals surface area contributed by atoms with Crippen molar-refractivity contribution in [2.75, 3.05) is 6.26 Å². The summed E-state index contributed by atoms with van der Waals surface area (Å²) in [7, 11) is -3.17. The summed E-state index contributed by atoms with van der Waals surface area (Å²) in [6.07, 6.45) is 2.67. The lowest BCUT2D eigenvalue weighted by atomic mass is 10.3. The van der Waals surface area contributed by atoms with Gasteiger partial charge in [0.05, 0.1) is 3.57 Å². The van der Waals surface area contributed by atoms with E-state index in [1.807, 2.05) is 29.5 Å². The third kappa shape index (κ3) is 1.95. The van der Waals surface area contributed by atoms with Crippen LogP contribution in [0.25, 0.3) is 0 Å². The van der Waals surface area contributed by atoms with Crippen LogP contribution in [0.3, 0.4) is 0 Å². The highest BCUT2D eigenvalue weighted by Gasteiger charge is 2.13. The Morgan fingerprint density at radius 1 is 1.50 bits per heavy atom. The molecule has 0 fully saturated rings. The summed E-state index contributed by atoms with van der Waals surface area (Å²) in [6.45, 7) is 1.86. The Morgan fingerprint density at radius 3 is 2.50 bits per heavy atom. The summed E-state index contributed by atoms with van der Waals surface area (Å²) in [5.41, 5.74) is 0.936. The van der Waals surface area contributed by atoms with Crippen LogP contribution in [0.4, 0.5) is 0 Å². The summed E-state index contributed by atoms with van der Waals surface area (Å²) in [5.74, 6) is 0. The summed E-state index contributed by atoms with van der Waals surface area (Å²) in [4.78, 5) is 3.81. The van der Waals surface area contributed by atoms with Crippen molar-refractivity contribution in [3.63, 3.8) is 0 Å². The van der Waals surface area contributed by atoms with Crippen LogP contribution in [0.1, 0.15) is 5.56 Å². The molecule has 0 aliphatic rings. The summed E-state index contributed by atoms with van der Waals surface area (Å²) >= 11 is 1.99. The van der Waals surface area contributed by atoms with E-state index >= 15 is 0 Å². The number of halogens is 1. The summed E-state index contributed by atoms with van der Waals surface area (Å²) in [5, 5.41) is 0.170. The van der Waals surface area contributed by atoms with Crippen molar-refractivity contribution < 1.29 is 8.42 Å². The molecule has 12 heavy (non-hydrogen) atoms. The first-order valence-electron chi connectivity index (χ1n) is 3.24. The number of hydrogen-bond acceptors (Lipinski definition) is 3. The highest BCUT2D eigenvalue weighted by Crippen LogP contribution is 2.18. The Balaban J connectivity index is 3.47. The fourth-order valence-corrected chi connectivity index (χ4v) is 3.03. The minimum Gasteiger partial charge on any atom is -0.244 e. The number of nitrogens with zero attached hydrogens (tertiary/aromatic N) is 1. The van der Waals surface area contributed by atoms with Crippen molar-refractivity contribution in [3.05, 3.63) is 21.4 Å². The Kier molecular flexibility index (Phi) is 2.72. The van der Waals surface area contributed by atoms with Crippen LogP contribution in [0.2, 0.25) is 0 Å². The summed E-state index contributed by atoms with van der Waals surface area (Å²) in [6, 6.07) is 1.79. The number of aromatic nitrogens is 1. The quantitative estimate of drug-likeness (QED) is 0.736. The Labute approximate surface area is 85.3 Å². The second kappa shape index (κ2) is 3.29.